The summed E-state index contributed by atoms with van der Waals surface area (Å²) in [6.07, 6.45) is 5.47. The van der Waals surface area contributed by atoms with E-state index in [1.807, 2.05) is 0 Å². The predicted octanol–water partition coefficient (Wildman–Crippen LogP) is 3.51. The van der Waals surface area contributed by atoms with E-state index >= 15 is 0 Å². The van der Waals surface area contributed by atoms with Gasteiger partial charge in [0.05, 0.1) is 24.6 Å². The van der Waals surface area contributed by atoms with Crippen LogP contribution in [0.5, 0.6) is 11.5 Å². The summed E-state index contributed by atoms with van der Waals surface area (Å²) in [6, 6.07) is 13.8. The predicted molar refractivity (Wildman–Crippen MR) is 116 cm³/mol. The lowest BCUT2D eigenvalue weighted by molar-refractivity contribution is -0.124. The van der Waals surface area contributed by atoms with Gasteiger partial charge in [-0.2, -0.15) is 0 Å². The maximum absolute atomic E-state index is 13.3. The zero-order valence-electron chi connectivity index (χ0n) is 17.6. The molecule has 1 aliphatic heterocycles. The summed E-state index contributed by atoms with van der Waals surface area (Å²) in [5.74, 6) is 1.71. The van der Waals surface area contributed by atoms with Gasteiger partial charge in [0.15, 0.2) is 12.4 Å². The molecule has 6 nitrogen and oxygen atoms in total. The van der Waals surface area contributed by atoms with Crippen LogP contribution in [0, 0.1) is 35.5 Å². The van der Waals surface area contributed by atoms with E-state index < -0.39 is 0 Å². The second-order valence-corrected chi connectivity index (χ2v) is 9.11. The number of ether oxygens (including phenoxy) is 2. The first kappa shape index (κ1) is 19.3. The molecule has 32 heavy (non-hydrogen) atoms. The van der Waals surface area contributed by atoms with Crippen molar-refractivity contribution in [3.8, 4) is 11.5 Å². The van der Waals surface area contributed by atoms with E-state index in [9.17, 15) is 14.4 Å². The van der Waals surface area contributed by atoms with E-state index in [4.69, 9.17) is 9.47 Å². The number of amides is 2. The second kappa shape index (κ2) is 7.05. The number of allylic oxidation sites excluding steroid dienone is 2. The van der Waals surface area contributed by atoms with Crippen molar-refractivity contribution >= 4 is 23.3 Å². The summed E-state index contributed by atoms with van der Waals surface area (Å²) in [5.41, 5.74) is 1.00. The molecule has 6 heteroatoms. The standard InChI is InChI=1S/C26H23NO5/c1-31-16-6-2-4-14(10-16)22(28)13-32-17-7-3-5-15(11-17)27-25(29)23-18-8-9-19(21-12-20(18)21)24(23)26(27)30/h2-11,18-21,23-24H,12-13H2,1H3/t18-,19-,20-,21-,23-,24+/m1/s1. The van der Waals surface area contributed by atoms with E-state index in [2.05, 4.69) is 12.2 Å². The maximum atomic E-state index is 13.3. The third-order valence-corrected chi connectivity index (χ3v) is 7.50. The normalized spacial score (nSPS) is 31.3. The van der Waals surface area contributed by atoms with Gasteiger partial charge in [-0.25, -0.2) is 4.90 Å². The second-order valence-electron chi connectivity index (χ2n) is 9.11. The highest BCUT2D eigenvalue weighted by Gasteiger charge is 2.67. The highest BCUT2D eigenvalue weighted by atomic mass is 16.5. The van der Waals surface area contributed by atoms with Gasteiger partial charge >= 0.3 is 0 Å². The van der Waals surface area contributed by atoms with Gasteiger partial charge in [0.1, 0.15) is 11.5 Å². The molecule has 0 N–H and O–H groups in total. The molecule has 0 radical (unpaired) electrons. The van der Waals surface area contributed by atoms with Crippen molar-refractivity contribution in [1.29, 1.82) is 0 Å². The van der Waals surface area contributed by atoms with Crippen molar-refractivity contribution < 1.29 is 23.9 Å². The van der Waals surface area contributed by atoms with Crippen LogP contribution < -0.4 is 14.4 Å². The number of ketones is 1. The fraction of sp³-hybridized carbons (Fsp3) is 0.346. The fourth-order valence-corrected chi connectivity index (χ4v) is 5.95. The number of methoxy groups -OCH3 is 1. The summed E-state index contributed by atoms with van der Waals surface area (Å²) < 4.78 is 10.9. The summed E-state index contributed by atoms with van der Waals surface area (Å²) in [5, 5.41) is 0. The smallest absolute Gasteiger partial charge is 0.238 e. The molecule has 2 bridgehead atoms. The Balaban J connectivity index is 1.20. The molecule has 5 aliphatic rings. The van der Waals surface area contributed by atoms with Crippen LogP contribution in [0.1, 0.15) is 16.8 Å². The number of rotatable bonds is 6. The maximum Gasteiger partial charge on any atom is 0.238 e. The number of Topliss-reactive ketones (excluding diaryl/α,β-unsaturated/α-hetero) is 1. The van der Waals surface area contributed by atoms with Crippen LogP contribution in [0.25, 0.3) is 0 Å². The van der Waals surface area contributed by atoms with Crippen molar-refractivity contribution in [2.24, 2.45) is 35.5 Å². The van der Waals surface area contributed by atoms with Crippen LogP contribution in [0.2, 0.25) is 0 Å². The average molecular weight is 429 g/mol. The first-order chi connectivity index (χ1) is 15.6. The van der Waals surface area contributed by atoms with Crippen molar-refractivity contribution in [3.05, 3.63) is 66.2 Å². The Bertz CT molecular complexity index is 1130. The Morgan fingerprint density at radius 2 is 1.59 bits per heavy atom. The van der Waals surface area contributed by atoms with Gasteiger partial charge in [-0.05, 0) is 54.4 Å². The average Bonchev–Trinajstić information content (AvgIpc) is 3.61. The third-order valence-electron chi connectivity index (χ3n) is 7.50. The highest BCUT2D eigenvalue weighted by Crippen LogP contribution is 2.65. The van der Waals surface area contributed by atoms with Gasteiger partial charge < -0.3 is 9.47 Å². The van der Waals surface area contributed by atoms with Crippen LogP contribution in [-0.2, 0) is 9.59 Å². The van der Waals surface area contributed by atoms with Crippen molar-refractivity contribution in [1.82, 2.24) is 0 Å². The first-order valence-corrected chi connectivity index (χ1v) is 11.0. The minimum atomic E-state index is -0.236. The molecule has 3 fully saturated rings. The molecule has 4 aliphatic carbocycles. The molecular weight excluding hydrogens is 406 g/mol. The summed E-state index contributed by atoms with van der Waals surface area (Å²) in [7, 11) is 1.55. The number of hydrogen-bond acceptors (Lipinski definition) is 5. The molecule has 1 heterocycles. The first-order valence-electron chi connectivity index (χ1n) is 11.0. The van der Waals surface area contributed by atoms with E-state index in [1.54, 1.807) is 55.6 Å². The van der Waals surface area contributed by atoms with E-state index in [0.717, 1.165) is 6.42 Å². The van der Waals surface area contributed by atoms with Crippen LogP contribution >= 0.6 is 0 Å². The molecule has 7 rings (SSSR count). The number of carbonyl (C=O) groups excluding carboxylic acids is 3. The van der Waals surface area contributed by atoms with Gasteiger partial charge in [-0.15, -0.1) is 0 Å². The Hall–Kier alpha value is -3.41. The van der Waals surface area contributed by atoms with Gasteiger partial charge in [-0.1, -0.05) is 30.4 Å². The Morgan fingerprint density at radius 1 is 0.938 bits per heavy atom. The zero-order chi connectivity index (χ0) is 22.0. The summed E-state index contributed by atoms with van der Waals surface area (Å²) in [6.45, 7) is -0.152. The lowest BCUT2D eigenvalue weighted by Gasteiger charge is -2.37. The largest absolute Gasteiger partial charge is 0.497 e. The number of benzene rings is 2. The quantitative estimate of drug-likeness (QED) is 0.399. The van der Waals surface area contributed by atoms with Crippen molar-refractivity contribution in [3.63, 3.8) is 0 Å². The SMILES string of the molecule is COc1cccc(C(=O)COc2cccc(N3C(=O)[C@@H]4[C@@H]5C=C[C@H]([C@H]6C[C@H]56)[C@@H]4C3=O)c2)c1. The molecule has 2 saturated carbocycles. The molecule has 0 spiro atoms. The molecule has 2 aromatic carbocycles. The lowest BCUT2D eigenvalue weighted by atomic mass is 9.63. The molecule has 6 atom stereocenters. The fourth-order valence-electron chi connectivity index (χ4n) is 5.95. The zero-order valence-corrected chi connectivity index (χ0v) is 17.6. The molecule has 2 amide bonds. The monoisotopic (exact) mass is 429 g/mol. The molecule has 2 aromatic rings. The molecule has 1 saturated heterocycles. The number of carbonyl (C=O) groups is 3. The van der Waals surface area contributed by atoms with Crippen LogP contribution in [0.4, 0.5) is 5.69 Å². The van der Waals surface area contributed by atoms with Crippen LogP contribution in [0.15, 0.2) is 60.7 Å². The van der Waals surface area contributed by atoms with Gasteiger partial charge in [0, 0.05) is 11.6 Å². The van der Waals surface area contributed by atoms with E-state index in [0.29, 0.717) is 34.6 Å². The summed E-state index contributed by atoms with van der Waals surface area (Å²) >= 11 is 0. The minimum absolute atomic E-state index is 0.102. The van der Waals surface area contributed by atoms with Crippen LogP contribution in [-0.4, -0.2) is 31.3 Å². The number of anilines is 1. The lowest BCUT2D eigenvalue weighted by Crippen LogP contribution is -2.40. The van der Waals surface area contributed by atoms with Crippen molar-refractivity contribution in [2.45, 2.75) is 6.42 Å². The Morgan fingerprint density at radius 3 is 2.28 bits per heavy atom. The highest BCUT2D eigenvalue weighted by molar-refractivity contribution is 6.22. The Labute approximate surface area is 185 Å². The van der Waals surface area contributed by atoms with Crippen LogP contribution in [0.3, 0.4) is 0 Å². The summed E-state index contributed by atoms with van der Waals surface area (Å²) in [4.78, 5) is 40.4. The van der Waals surface area contributed by atoms with Crippen molar-refractivity contribution in [2.75, 3.05) is 18.6 Å². The topological polar surface area (TPSA) is 72.9 Å². The molecule has 162 valence electrons. The number of hydrogen-bond donors (Lipinski definition) is 0. The Kier molecular flexibility index (Phi) is 4.25. The molecule has 0 aromatic heterocycles. The van der Waals surface area contributed by atoms with Gasteiger partial charge in [0.25, 0.3) is 0 Å². The molecule has 0 unspecified atom stereocenters. The van der Waals surface area contributed by atoms with E-state index in [-0.39, 0.29) is 47.9 Å². The van der Waals surface area contributed by atoms with Gasteiger partial charge in [0.2, 0.25) is 11.8 Å². The van der Waals surface area contributed by atoms with E-state index in [1.165, 1.54) is 4.90 Å². The minimum Gasteiger partial charge on any atom is -0.497 e. The number of imide groups is 1. The van der Waals surface area contributed by atoms with Gasteiger partial charge in [-0.3, -0.25) is 14.4 Å². The third kappa shape index (κ3) is 2.82. The number of nitrogens with zero attached hydrogens (tertiary/aromatic N) is 1. The molecular formula is C26H23NO5.